The van der Waals surface area contributed by atoms with Crippen molar-refractivity contribution in [3.05, 3.63) is 17.7 Å². The first kappa shape index (κ1) is 21.2. The van der Waals surface area contributed by atoms with E-state index in [2.05, 4.69) is 51.4 Å². The second kappa shape index (κ2) is 9.45. The summed E-state index contributed by atoms with van der Waals surface area (Å²) in [6, 6.07) is 5.68. The molecular formula is C25H39N5O. The van der Waals surface area contributed by atoms with Gasteiger partial charge in [0.05, 0.1) is 5.69 Å². The van der Waals surface area contributed by atoms with Gasteiger partial charge >= 0.3 is 0 Å². The predicted molar refractivity (Wildman–Crippen MR) is 125 cm³/mol. The molecule has 3 heterocycles. The van der Waals surface area contributed by atoms with Gasteiger partial charge in [-0.15, -0.1) is 0 Å². The quantitative estimate of drug-likeness (QED) is 0.560. The summed E-state index contributed by atoms with van der Waals surface area (Å²) < 4.78 is 5.16. The Morgan fingerprint density at radius 1 is 1.13 bits per heavy atom. The number of likely N-dealkylation sites (tertiary alicyclic amines) is 1. The van der Waals surface area contributed by atoms with Crippen LogP contribution in [0.25, 0.3) is 11.0 Å². The Labute approximate surface area is 186 Å². The average molecular weight is 426 g/mol. The number of anilines is 1. The van der Waals surface area contributed by atoms with Crippen LogP contribution in [-0.2, 0) is 0 Å². The van der Waals surface area contributed by atoms with Crippen LogP contribution < -0.4 is 10.2 Å². The maximum atomic E-state index is 5.16. The molecule has 31 heavy (non-hydrogen) atoms. The molecule has 0 bridgehead atoms. The van der Waals surface area contributed by atoms with Gasteiger partial charge in [0.1, 0.15) is 5.52 Å². The van der Waals surface area contributed by atoms with E-state index >= 15 is 0 Å². The molecule has 0 spiro atoms. The van der Waals surface area contributed by atoms with Crippen molar-refractivity contribution in [3.63, 3.8) is 0 Å². The van der Waals surface area contributed by atoms with Crippen LogP contribution in [-0.4, -0.2) is 54.0 Å². The molecule has 2 aliphatic heterocycles. The third kappa shape index (κ3) is 5.06. The van der Waals surface area contributed by atoms with Gasteiger partial charge in [-0.3, -0.25) is 0 Å². The summed E-state index contributed by atoms with van der Waals surface area (Å²) in [7, 11) is 0. The van der Waals surface area contributed by atoms with Crippen LogP contribution in [0, 0.1) is 11.8 Å². The smallest absolute Gasteiger partial charge is 0.158 e. The molecule has 5 rings (SSSR count). The number of hydrogen-bond donors (Lipinski definition) is 1. The Morgan fingerprint density at radius 3 is 2.68 bits per heavy atom. The first-order valence-corrected chi connectivity index (χ1v) is 12.7. The van der Waals surface area contributed by atoms with Crippen LogP contribution in [0.2, 0.25) is 0 Å². The number of hydrogen-bond acceptors (Lipinski definition) is 6. The molecule has 6 nitrogen and oxygen atoms in total. The molecule has 2 unspecified atom stereocenters. The highest BCUT2D eigenvalue weighted by Crippen LogP contribution is 2.36. The molecule has 1 aliphatic carbocycles. The predicted octanol–water partition coefficient (Wildman–Crippen LogP) is 4.76. The number of aromatic nitrogens is 2. The molecule has 2 aromatic rings. The molecule has 1 N–H and O–H groups in total. The Hall–Kier alpha value is -1.66. The third-order valence-electron chi connectivity index (χ3n) is 7.68. The van der Waals surface area contributed by atoms with Gasteiger partial charge in [-0.25, -0.2) is 4.63 Å². The van der Waals surface area contributed by atoms with E-state index < -0.39 is 0 Å². The first-order valence-electron chi connectivity index (χ1n) is 12.7. The highest BCUT2D eigenvalue weighted by molar-refractivity contribution is 5.89. The maximum absolute atomic E-state index is 5.16. The summed E-state index contributed by atoms with van der Waals surface area (Å²) in [5, 5.41) is 12.4. The molecule has 3 fully saturated rings. The van der Waals surface area contributed by atoms with Gasteiger partial charge in [0.15, 0.2) is 5.52 Å². The number of benzene rings is 1. The van der Waals surface area contributed by atoms with E-state index in [-0.39, 0.29) is 0 Å². The van der Waals surface area contributed by atoms with Gasteiger partial charge < -0.3 is 15.1 Å². The summed E-state index contributed by atoms with van der Waals surface area (Å²) in [6.45, 7) is 10.7. The van der Waals surface area contributed by atoms with Crippen molar-refractivity contribution in [3.8, 4) is 0 Å². The van der Waals surface area contributed by atoms with Crippen LogP contribution in [0.3, 0.4) is 0 Å². The van der Waals surface area contributed by atoms with Crippen LogP contribution in [0.4, 0.5) is 5.69 Å². The van der Waals surface area contributed by atoms with Crippen molar-refractivity contribution in [2.45, 2.75) is 77.3 Å². The van der Waals surface area contributed by atoms with Gasteiger partial charge in [-0.05, 0) is 79.1 Å². The van der Waals surface area contributed by atoms with Crippen LogP contribution in [0.15, 0.2) is 16.8 Å². The fraction of sp³-hybridized carbons (Fsp3) is 0.760. The van der Waals surface area contributed by atoms with E-state index in [0.717, 1.165) is 36.0 Å². The van der Waals surface area contributed by atoms with Crippen molar-refractivity contribution in [2.75, 3.05) is 37.6 Å². The van der Waals surface area contributed by atoms with Crippen molar-refractivity contribution in [1.82, 2.24) is 20.5 Å². The van der Waals surface area contributed by atoms with Gasteiger partial charge in [-0.2, -0.15) is 0 Å². The molecule has 3 aliphatic rings. The highest BCUT2D eigenvalue weighted by atomic mass is 16.6. The Kier molecular flexibility index (Phi) is 6.46. The number of nitrogens with zero attached hydrogens (tertiary/aromatic N) is 4. The zero-order valence-electron chi connectivity index (χ0n) is 19.4. The van der Waals surface area contributed by atoms with Crippen molar-refractivity contribution >= 4 is 16.7 Å². The van der Waals surface area contributed by atoms with E-state index in [1.165, 1.54) is 82.3 Å². The summed E-state index contributed by atoms with van der Waals surface area (Å²) in [5.74, 6) is 1.58. The van der Waals surface area contributed by atoms with Crippen molar-refractivity contribution in [2.24, 2.45) is 11.8 Å². The topological polar surface area (TPSA) is 57.4 Å². The summed E-state index contributed by atoms with van der Waals surface area (Å²) in [6.07, 6.45) is 10.4. The molecular weight excluding hydrogens is 386 g/mol. The molecule has 0 radical (unpaired) electrons. The summed E-state index contributed by atoms with van der Waals surface area (Å²) in [5.41, 5.74) is 4.40. The maximum Gasteiger partial charge on any atom is 0.158 e. The minimum absolute atomic E-state index is 0.401. The third-order valence-corrected chi connectivity index (χ3v) is 7.68. The normalized spacial score (nSPS) is 22.2. The Bertz CT molecular complexity index is 851. The highest BCUT2D eigenvalue weighted by Gasteiger charge is 2.32. The Morgan fingerprint density at radius 2 is 1.94 bits per heavy atom. The van der Waals surface area contributed by atoms with E-state index in [1.54, 1.807) is 0 Å². The molecule has 1 saturated carbocycles. The van der Waals surface area contributed by atoms with E-state index in [9.17, 15) is 0 Å². The fourth-order valence-corrected chi connectivity index (χ4v) is 5.30. The van der Waals surface area contributed by atoms with E-state index in [1.807, 2.05) is 0 Å². The van der Waals surface area contributed by atoms with E-state index in [4.69, 9.17) is 4.63 Å². The van der Waals surface area contributed by atoms with Crippen LogP contribution >= 0.6 is 0 Å². The van der Waals surface area contributed by atoms with E-state index in [0.29, 0.717) is 12.1 Å². The second-order valence-electron chi connectivity index (χ2n) is 10.4. The lowest BCUT2D eigenvalue weighted by atomic mass is 9.94. The average Bonchev–Trinajstić information content (AvgIpc) is 3.21. The van der Waals surface area contributed by atoms with Gasteiger partial charge in [0, 0.05) is 37.6 Å². The molecule has 0 amide bonds. The molecule has 6 heteroatoms. The SMILES string of the molecule is CCC(C)CCCC(NC1CC1)c1cc(N2CC(CN3CCCC3)C2)c2nonc2c1. The molecule has 2 saturated heterocycles. The number of rotatable bonds is 11. The minimum atomic E-state index is 0.401. The van der Waals surface area contributed by atoms with Crippen LogP contribution in [0.5, 0.6) is 0 Å². The second-order valence-corrected chi connectivity index (χ2v) is 10.4. The van der Waals surface area contributed by atoms with Crippen LogP contribution in [0.1, 0.15) is 76.8 Å². The lowest BCUT2D eigenvalue weighted by molar-refractivity contribution is 0.247. The van der Waals surface area contributed by atoms with Crippen molar-refractivity contribution < 1.29 is 4.63 Å². The molecule has 2 atom stereocenters. The lowest BCUT2D eigenvalue weighted by Gasteiger charge is -2.42. The zero-order chi connectivity index (χ0) is 21.2. The summed E-state index contributed by atoms with van der Waals surface area (Å²) in [4.78, 5) is 5.13. The number of nitrogens with one attached hydrogen (secondary N) is 1. The standard InChI is InChI=1S/C25H39N5O/c1-3-18(2)7-6-8-22(26-21-9-10-21)20-13-23-25(28-31-27-23)24(14-20)30-16-19(17-30)15-29-11-4-5-12-29/h13-14,18-19,21-22,26H,3-12,15-17H2,1-2H3. The largest absolute Gasteiger partial charge is 0.369 e. The Balaban J connectivity index is 1.30. The summed E-state index contributed by atoms with van der Waals surface area (Å²) >= 11 is 0. The lowest BCUT2D eigenvalue weighted by Crippen LogP contribution is -2.51. The minimum Gasteiger partial charge on any atom is -0.369 e. The van der Waals surface area contributed by atoms with Gasteiger partial charge in [0.25, 0.3) is 0 Å². The molecule has 170 valence electrons. The number of fused-ring (bicyclic) bond motifs is 1. The zero-order valence-corrected chi connectivity index (χ0v) is 19.4. The molecule has 1 aromatic heterocycles. The fourth-order valence-electron chi connectivity index (χ4n) is 5.30. The van der Waals surface area contributed by atoms with Crippen molar-refractivity contribution in [1.29, 1.82) is 0 Å². The first-order chi connectivity index (χ1) is 15.2. The monoisotopic (exact) mass is 425 g/mol. The van der Waals surface area contributed by atoms with Gasteiger partial charge in [-0.1, -0.05) is 33.1 Å². The van der Waals surface area contributed by atoms with Gasteiger partial charge in [0.2, 0.25) is 0 Å². The molecule has 1 aromatic carbocycles.